The Hall–Kier alpha value is -3.79. The fourth-order valence-electron chi connectivity index (χ4n) is 4.15. The van der Waals surface area contributed by atoms with Gasteiger partial charge in [0.2, 0.25) is 5.56 Å². The summed E-state index contributed by atoms with van der Waals surface area (Å²) >= 11 is 6.37. The third kappa shape index (κ3) is 4.25. The van der Waals surface area contributed by atoms with Crippen LogP contribution in [0.15, 0.2) is 65.7 Å². The molecule has 5 rings (SSSR count). The molecule has 6 nitrogen and oxygen atoms in total. The maximum absolute atomic E-state index is 14.0. The smallest absolute Gasteiger partial charge is 0.412 e. The van der Waals surface area contributed by atoms with E-state index in [0.717, 1.165) is 6.07 Å². The average Bonchev–Trinajstić information content (AvgIpc) is 3.14. The van der Waals surface area contributed by atoms with Crippen molar-refractivity contribution in [1.82, 2.24) is 14.5 Å². The van der Waals surface area contributed by atoms with Crippen molar-refractivity contribution in [3.05, 3.63) is 93.2 Å². The van der Waals surface area contributed by atoms with Crippen LogP contribution in [-0.4, -0.2) is 39.2 Å². The number of hydrogen-bond donors (Lipinski definition) is 1. The Morgan fingerprint density at radius 3 is 2.63 bits per heavy atom. The first-order valence-electron chi connectivity index (χ1n) is 10.4. The molecule has 1 amide bonds. The van der Waals surface area contributed by atoms with Crippen LogP contribution in [0.5, 0.6) is 5.75 Å². The van der Waals surface area contributed by atoms with E-state index in [-0.39, 0.29) is 21.9 Å². The number of aromatic nitrogens is 2. The monoisotopic (exact) mass is 505 g/mol. The van der Waals surface area contributed by atoms with Gasteiger partial charge in [-0.2, -0.15) is 13.2 Å². The molecule has 1 aliphatic heterocycles. The second-order valence-electron chi connectivity index (χ2n) is 8.06. The molecule has 0 bridgehead atoms. The predicted molar refractivity (Wildman–Crippen MR) is 121 cm³/mol. The van der Waals surface area contributed by atoms with Gasteiger partial charge in [0, 0.05) is 36.1 Å². The highest BCUT2D eigenvalue weighted by Crippen LogP contribution is 2.39. The van der Waals surface area contributed by atoms with Crippen molar-refractivity contribution in [2.45, 2.75) is 18.8 Å². The van der Waals surface area contributed by atoms with Gasteiger partial charge in [0.1, 0.15) is 12.4 Å². The Morgan fingerprint density at radius 2 is 1.89 bits per heavy atom. The number of nitrogens with zero attached hydrogens (tertiary/aromatic N) is 2. The van der Waals surface area contributed by atoms with Gasteiger partial charge in [0.15, 0.2) is 11.8 Å². The van der Waals surface area contributed by atoms with Gasteiger partial charge >= 0.3 is 6.18 Å². The Morgan fingerprint density at radius 1 is 1.09 bits per heavy atom. The fourth-order valence-corrected chi connectivity index (χ4v) is 4.42. The van der Waals surface area contributed by atoms with Gasteiger partial charge in [0.05, 0.1) is 16.1 Å². The van der Waals surface area contributed by atoms with Crippen molar-refractivity contribution in [1.29, 1.82) is 0 Å². The second kappa shape index (κ2) is 8.46. The van der Waals surface area contributed by atoms with Crippen LogP contribution in [-0.2, 0) is 6.54 Å². The molecule has 0 aliphatic carbocycles. The lowest BCUT2D eigenvalue weighted by atomic mass is 10.1. The van der Waals surface area contributed by atoms with Gasteiger partial charge in [-0.25, -0.2) is 4.39 Å². The van der Waals surface area contributed by atoms with Gasteiger partial charge < -0.3 is 19.2 Å². The number of aromatic amines is 1. The normalized spacial score (nSPS) is 16.2. The lowest BCUT2D eigenvalue weighted by molar-refractivity contribution is -0.183. The molecular formula is C24H16ClF4N3O3. The number of nitrogens with one attached hydrogen (secondary N) is 1. The minimum atomic E-state index is -4.80. The van der Waals surface area contributed by atoms with E-state index >= 15 is 0 Å². The molecule has 0 saturated heterocycles. The van der Waals surface area contributed by atoms with Crippen LogP contribution in [0.2, 0.25) is 5.02 Å². The number of H-pyrrole nitrogens is 1. The molecule has 1 aliphatic rings. The van der Waals surface area contributed by atoms with Gasteiger partial charge in [-0.05, 0) is 48.0 Å². The van der Waals surface area contributed by atoms with E-state index in [1.165, 1.54) is 36.5 Å². The highest BCUT2D eigenvalue weighted by molar-refractivity contribution is 6.33. The number of benzene rings is 2. The lowest BCUT2D eigenvalue weighted by Gasteiger charge is -2.30. The van der Waals surface area contributed by atoms with E-state index < -0.39 is 42.7 Å². The quantitative estimate of drug-likeness (QED) is 0.395. The van der Waals surface area contributed by atoms with Crippen molar-refractivity contribution in [3.63, 3.8) is 0 Å². The minimum absolute atomic E-state index is 0.0475. The number of hydrogen-bond acceptors (Lipinski definition) is 3. The second-order valence-corrected chi connectivity index (χ2v) is 8.46. The van der Waals surface area contributed by atoms with Gasteiger partial charge in [-0.1, -0.05) is 11.6 Å². The molecule has 0 fully saturated rings. The van der Waals surface area contributed by atoms with Crippen molar-refractivity contribution in [3.8, 4) is 11.4 Å². The molecule has 1 atom stereocenters. The Bertz CT molecular complexity index is 1510. The SMILES string of the molecule is O=C1c2cc(-n3ccc4cc(F)ccc43)cc(Cl)c2OCC(C(F)(F)F)N1Cc1cc[nH]c(=O)c1. The Balaban J connectivity index is 1.63. The van der Waals surface area contributed by atoms with E-state index in [9.17, 15) is 27.2 Å². The summed E-state index contributed by atoms with van der Waals surface area (Å²) in [7, 11) is 0. The minimum Gasteiger partial charge on any atom is -0.489 e. The third-order valence-corrected chi connectivity index (χ3v) is 6.06. The molecule has 11 heteroatoms. The van der Waals surface area contributed by atoms with Crippen LogP contribution in [0, 0.1) is 5.82 Å². The van der Waals surface area contributed by atoms with E-state index in [2.05, 4.69) is 4.98 Å². The van der Waals surface area contributed by atoms with Gasteiger partial charge in [-0.15, -0.1) is 0 Å². The van der Waals surface area contributed by atoms with E-state index in [0.29, 0.717) is 21.5 Å². The van der Waals surface area contributed by atoms with E-state index in [1.54, 1.807) is 22.9 Å². The van der Waals surface area contributed by atoms with Gasteiger partial charge in [0.25, 0.3) is 5.91 Å². The number of carbonyl (C=O) groups is 1. The molecular weight excluding hydrogens is 490 g/mol. The van der Waals surface area contributed by atoms with Crippen LogP contribution in [0.25, 0.3) is 16.6 Å². The molecule has 0 radical (unpaired) electrons. The van der Waals surface area contributed by atoms with Crippen LogP contribution >= 0.6 is 11.6 Å². The molecule has 35 heavy (non-hydrogen) atoms. The maximum Gasteiger partial charge on any atom is 0.412 e. The highest BCUT2D eigenvalue weighted by atomic mass is 35.5. The summed E-state index contributed by atoms with van der Waals surface area (Å²) in [4.78, 5) is 28.2. The standard InChI is InChI=1S/C24H16ClF4N3O3/c25-18-10-16(31-6-4-14-8-15(26)1-2-19(14)31)9-17-22(18)35-12-20(24(27,28)29)32(23(17)34)11-13-3-5-30-21(33)7-13/h1-10,20H,11-12H2,(H,30,33). The first-order valence-corrected chi connectivity index (χ1v) is 10.8. The summed E-state index contributed by atoms with van der Waals surface area (Å²) in [5.74, 6) is -1.54. The van der Waals surface area contributed by atoms with Crippen molar-refractivity contribution < 1.29 is 27.1 Å². The zero-order chi connectivity index (χ0) is 24.9. The molecule has 0 saturated carbocycles. The largest absolute Gasteiger partial charge is 0.489 e. The maximum atomic E-state index is 14.0. The number of fused-ring (bicyclic) bond motifs is 2. The summed E-state index contributed by atoms with van der Waals surface area (Å²) < 4.78 is 62.5. The number of carbonyl (C=O) groups excluding carboxylic acids is 1. The number of amides is 1. The van der Waals surface area contributed by atoms with Crippen LogP contribution in [0.1, 0.15) is 15.9 Å². The average molecular weight is 506 g/mol. The topological polar surface area (TPSA) is 67.3 Å². The zero-order valence-corrected chi connectivity index (χ0v) is 18.5. The summed E-state index contributed by atoms with van der Waals surface area (Å²) in [6.07, 6.45) is -1.87. The van der Waals surface area contributed by atoms with E-state index in [1.807, 2.05) is 0 Å². The first-order chi connectivity index (χ1) is 16.6. The fraction of sp³-hybridized carbons (Fsp3) is 0.167. The number of ether oxygens (including phenoxy) is 1. The summed E-state index contributed by atoms with van der Waals surface area (Å²) in [5.41, 5.74) is 0.548. The molecule has 0 spiro atoms. The molecule has 4 aromatic rings. The molecule has 2 aromatic heterocycles. The van der Waals surface area contributed by atoms with Crippen molar-refractivity contribution in [2.24, 2.45) is 0 Å². The van der Waals surface area contributed by atoms with E-state index in [4.69, 9.17) is 16.3 Å². The lowest BCUT2D eigenvalue weighted by Crippen LogP contribution is -2.50. The molecule has 1 N–H and O–H groups in total. The van der Waals surface area contributed by atoms with Gasteiger partial charge in [-0.3, -0.25) is 9.59 Å². The van der Waals surface area contributed by atoms with Crippen molar-refractivity contribution in [2.75, 3.05) is 6.61 Å². The molecule has 2 aromatic carbocycles. The molecule has 1 unspecified atom stereocenters. The number of halogens is 5. The Kier molecular flexibility index (Phi) is 5.55. The highest BCUT2D eigenvalue weighted by Gasteiger charge is 2.48. The number of rotatable bonds is 3. The number of pyridine rings is 1. The summed E-state index contributed by atoms with van der Waals surface area (Å²) in [5, 5.41) is 0.542. The van der Waals surface area contributed by atoms with Crippen LogP contribution in [0.3, 0.4) is 0 Å². The molecule has 180 valence electrons. The van der Waals surface area contributed by atoms with Crippen molar-refractivity contribution >= 4 is 28.4 Å². The summed E-state index contributed by atoms with van der Waals surface area (Å²) in [6, 6.07) is 8.94. The first kappa shape index (κ1) is 23.0. The summed E-state index contributed by atoms with van der Waals surface area (Å²) in [6.45, 7) is -1.33. The predicted octanol–water partition coefficient (Wildman–Crippen LogP) is 5.08. The third-order valence-electron chi connectivity index (χ3n) is 5.78. The number of alkyl halides is 3. The zero-order valence-electron chi connectivity index (χ0n) is 17.8. The van der Waals surface area contributed by atoms with Crippen LogP contribution in [0.4, 0.5) is 17.6 Å². The molecule has 3 heterocycles. The Labute approximate surface area is 200 Å². The van der Waals surface area contributed by atoms with Crippen LogP contribution < -0.4 is 10.3 Å².